The molecule has 330 valence electrons. The number of unbranched alkanes of at least 4 members (excludes halogenated alkanes) is 11. The van der Waals surface area contributed by atoms with E-state index in [-0.39, 0.29) is 31.0 Å². The van der Waals surface area contributed by atoms with E-state index in [1.807, 2.05) is 13.0 Å². The van der Waals surface area contributed by atoms with Crippen LogP contribution in [0.25, 0.3) is 0 Å². The van der Waals surface area contributed by atoms with Crippen LogP contribution in [0, 0.1) is 17.8 Å². The highest BCUT2D eigenvalue weighted by Crippen LogP contribution is 2.36. The molecule has 1 fully saturated rings. The second-order valence-corrected chi connectivity index (χ2v) is 17.2. The molecule has 0 aliphatic carbocycles. The maximum Gasteiger partial charge on any atom is 0.408 e. The molecule has 3 rings (SSSR count). The molecule has 0 bridgehead atoms. The van der Waals surface area contributed by atoms with Gasteiger partial charge in [-0.2, -0.15) is 0 Å². The van der Waals surface area contributed by atoms with E-state index in [0.717, 1.165) is 19.3 Å². The summed E-state index contributed by atoms with van der Waals surface area (Å²) >= 11 is 0. The first-order chi connectivity index (χ1) is 28.2. The highest BCUT2D eigenvalue weighted by Gasteiger charge is 2.43. The van der Waals surface area contributed by atoms with Gasteiger partial charge in [-0.25, -0.2) is 14.4 Å². The fourth-order valence-electron chi connectivity index (χ4n) is 7.38. The van der Waals surface area contributed by atoms with Gasteiger partial charge in [-0.15, -0.1) is 0 Å². The molecule has 11 heteroatoms. The molecule has 1 aliphatic rings. The number of rotatable bonds is 25. The van der Waals surface area contributed by atoms with Gasteiger partial charge in [0.15, 0.2) is 12.4 Å². The summed E-state index contributed by atoms with van der Waals surface area (Å²) in [4.78, 5) is 52.9. The van der Waals surface area contributed by atoms with Crippen LogP contribution in [0.15, 0.2) is 60.7 Å². The summed E-state index contributed by atoms with van der Waals surface area (Å²) in [6, 6.07) is 16.2. The van der Waals surface area contributed by atoms with Crippen molar-refractivity contribution in [1.82, 2.24) is 5.32 Å². The van der Waals surface area contributed by atoms with Crippen LogP contribution in [-0.4, -0.2) is 73.5 Å². The zero-order valence-electron chi connectivity index (χ0n) is 37.1. The second kappa shape index (κ2) is 26.3. The van der Waals surface area contributed by atoms with Crippen molar-refractivity contribution in [3.8, 4) is 0 Å². The molecule has 1 amide bonds. The SMILES string of the molecule is CCCCCCCCCCCCCC[C@@H](OC(=O)c1ccccc1)[C@@H](OC(=O)c1ccccc1)[C@H](COC1OC(COC(C)=O)C(C)C(C)C1C)NC(=O)OC(C)(C)C. The monoisotopic (exact) mass is 824 g/mol. The van der Waals surface area contributed by atoms with Crippen molar-refractivity contribution in [3.05, 3.63) is 71.8 Å². The number of amides is 1. The van der Waals surface area contributed by atoms with Crippen molar-refractivity contribution in [1.29, 1.82) is 0 Å². The van der Waals surface area contributed by atoms with Gasteiger partial charge in [-0.3, -0.25) is 4.79 Å². The molecule has 1 saturated heterocycles. The van der Waals surface area contributed by atoms with Crippen LogP contribution in [0.3, 0.4) is 0 Å². The molecule has 1 heterocycles. The largest absolute Gasteiger partial charge is 0.463 e. The van der Waals surface area contributed by atoms with Crippen molar-refractivity contribution in [2.75, 3.05) is 13.2 Å². The van der Waals surface area contributed by atoms with Gasteiger partial charge < -0.3 is 33.7 Å². The lowest BCUT2D eigenvalue weighted by Crippen LogP contribution is -2.56. The molecule has 2 aromatic carbocycles. The Bertz CT molecular complexity index is 1510. The fourth-order valence-corrected chi connectivity index (χ4v) is 7.38. The average molecular weight is 824 g/mol. The Balaban J connectivity index is 1.92. The Morgan fingerprint density at radius 2 is 1.20 bits per heavy atom. The zero-order chi connectivity index (χ0) is 43.2. The number of ether oxygens (including phenoxy) is 6. The van der Waals surface area contributed by atoms with Crippen molar-refractivity contribution >= 4 is 24.0 Å². The summed E-state index contributed by atoms with van der Waals surface area (Å²) in [5.41, 5.74) is -0.191. The Kier molecular flexibility index (Phi) is 22.0. The third-order valence-electron chi connectivity index (χ3n) is 11.2. The lowest BCUT2D eigenvalue weighted by atomic mass is 9.79. The second-order valence-electron chi connectivity index (χ2n) is 17.2. The molecule has 1 aliphatic heterocycles. The standard InChI is InChI=1S/C48H73NO10/c1-9-10-11-12-13-14-15-16-17-18-19-26-31-41(56-44(51)38-27-22-20-23-28-38)43(58-45(52)39-29-24-21-25-30-39)40(49-47(53)59-48(6,7)8)32-55-46-36(4)34(2)35(3)42(57-46)33-54-37(5)50/h20-25,27-30,34-36,40-43,46H,9-19,26,31-33H2,1-8H3,(H,49,53)/t34?,35?,36?,40-,41+,42?,43-,46?/m0/s1. The van der Waals surface area contributed by atoms with Gasteiger partial charge in [-0.05, 0) is 69.7 Å². The molecule has 0 spiro atoms. The molecule has 0 radical (unpaired) electrons. The van der Waals surface area contributed by atoms with Crippen LogP contribution < -0.4 is 5.32 Å². The average Bonchev–Trinajstić information content (AvgIpc) is 3.20. The number of esters is 3. The first-order valence-corrected chi connectivity index (χ1v) is 22.1. The topological polar surface area (TPSA) is 136 Å². The van der Waals surface area contributed by atoms with E-state index in [0.29, 0.717) is 24.0 Å². The third-order valence-corrected chi connectivity index (χ3v) is 11.2. The van der Waals surface area contributed by atoms with Gasteiger partial charge in [0.1, 0.15) is 18.3 Å². The van der Waals surface area contributed by atoms with E-state index >= 15 is 0 Å². The summed E-state index contributed by atoms with van der Waals surface area (Å²) in [6.07, 6.45) is 10.1. The molecule has 2 aromatic rings. The fraction of sp³-hybridized carbons (Fsp3) is 0.667. The smallest absolute Gasteiger partial charge is 0.408 e. The minimum absolute atomic E-state index is 0.0665. The molecule has 11 nitrogen and oxygen atoms in total. The zero-order valence-corrected chi connectivity index (χ0v) is 37.1. The summed E-state index contributed by atoms with van der Waals surface area (Å²) < 4.78 is 36.5. The van der Waals surface area contributed by atoms with Crippen LogP contribution in [0.5, 0.6) is 0 Å². The number of carbonyl (C=O) groups is 4. The van der Waals surface area contributed by atoms with Crippen molar-refractivity contribution in [2.24, 2.45) is 17.8 Å². The summed E-state index contributed by atoms with van der Waals surface area (Å²) in [6.45, 7) is 14.9. The molecular formula is C48H73NO10. The van der Waals surface area contributed by atoms with Crippen molar-refractivity contribution in [2.45, 2.75) is 175 Å². The summed E-state index contributed by atoms with van der Waals surface area (Å²) in [5.74, 6) is -1.52. The van der Waals surface area contributed by atoms with Gasteiger partial charge in [-0.1, -0.05) is 135 Å². The van der Waals surface area contributed by atoms with E-state index in [2.05, 4.69) is 26.1 Å². The number of nitrogens with one attached hydrogen (secondary N) is 1. The summed E-state index contributed by atoms with van der Waals surface area (Å²) in [5, 5.41) is 2.92. The molecule has 0 aromatic heterocycles. The van der Waals surface area contributed by atoms with E-state index in [1.165, 1.54) is 58.3 Å². The molecule has 59 heavy (non-hydrogen) atoms. The Labute approximate surface area is 353 Å². The molecule has 0 saturated carbocycles. The van der Waals surface area contributed by atoms with Crippen molar-refractivity contribution in [3.63, 3.8) is 0 Å². The number of alkyl carbamates (subject to hydrolysis) is 1. The normalized spacial score (nSPS) is 20.8. The predicted molar refractivity (Wildman–Crippen MR) is 229 cm³/mol. The number of benzene rings is 2. The first kappa shape index (κ1) is 49.4. The lowest BCUT2D eigenvalue weighted by molar-refractivity contribution is -0.259. The van der Waals surface area contributed by atoms with Gasteiger partial charge >= 0.3 is 24.0 Å². The third kappa shape index (κ3) is 18.5. The van der Waals surface area contributed by atoms with Gasteiger partial charge in [0.25, 0.3) is 0 Å². The molecule has 5 unspecified atom stereocenters. The van der Waals surface area contributed by atoms with Crippen LogP contribution in [0.2, 0.25) is 0 Å². The molecular weight excluding hydrogens is 751 g/mol. The number of hydrogen-bond acceptors (Lipinski definition) is 10. The molecule has 1 N–H and O–H groups in total. The Hall–Kier alpha value is -3.96. The maximum atomic E-state index is 13.9. The van der Waals surface area contributed by atoms with E-state index in [4.69, 9.17) is 28.4 Å². The van der Waals surface area contributed by atoms with Gasteiger partial charge in [0, 0.05) is 12.8 Å². The van der Waals surface area contributed by atoms with Crippen LogP contribution in [0.4, 0.5) is 4.79 Å². The first-order valence-electron chi connectivity index (χ1n) is 22.1. The predicted octanol–water partition coefficient (Wildman–Crippen LogP) is 10.6. The Morgan fingerprint density at radius 1 is 0.695 bits per heavy atom. The van der Waals surface area contributed by atoms with Gasteiger partial charge in [0.05, 0.1) is 29.9 Å². The lowest BCUT2D eigenvalue weighted by Gasteiger charge is -2.43. The Morgan fingerprint density at radius 3 is 1.71 bits per heavy atom. The number of hydrogen-bond donors (Lipinski definition) is 1. The summed E-state index contributed by atoms with van der Waals surface area (Å²) in [7, 11) is 0. The highest BCUT2D eigenvalue weighted by atomic mass is 16.7. The minimum Gasteiger partial charge on any atom is -0.463 e. The van der Waals surface area contributed by atoms with E-state index in [1.54, 1.807) is 75.4 Å². The van der Waals surface area contributed by atoms with Crippen LogP contribution >= 0.6 is 0 Å². The maximum absolute atomic E-state index is 13.9. The van der Waals surface area contributed by atoms with Gasteiger partial charge in [0.2, 0.25) is 0 Å². The highest BCUT2D eigenvalue weighted by molar-refractivity contribution is 5.90. The quantitative estimate of drug-likeness (QED) is 0.0585. The van der Waals surface area contributed by atoms with E-state index in [9.17, 15) is 19.2 Å². The molecule has 8 atom stereocenters. The number of carbonyl (C=O) groups excluding carboxylic acids is 4. The van der Waals surface area contributed by atoms with Crippen LogP contribution in [0.1, 0.15) is 160 Å². The minimum atomic E-state index is -1.19. The van der Waals surface area contributed by atoms with Crippen LogP contribution in [-0.2, 0) is 33.2 Å². The van der Waals surface area contributed by atoms with E-state index < -0.39 is 60.2 Å². The van der Waals surface area contributed by atoms with Crippen molar-refractivity contribution < 1.29 is 47.6 Å².